The molecule has 0 aliphatic heterocycles. The maximum atomic E-state index is 13.8. The highest BCUT2D eigenvalue weighted by Gasteiger charge is 2.12. The third-order valence-corrected chi connectivity index (χ3v) is 4.71. The minimum Gasteiger partial charge on any atom is -0.394 e. The summed E-state index contributed by atoms with van der Waals surface area (Å²) in [4.78, 5) is 31.0. The van der Waals surface area contributed by atoms with Crippen molar-refractivity contribution in [1.29, 1.82) is 0 Å². The summed E-state index contributed by atoms with van der Waals surface area (Å²) < 4.78 is 27.1. The van der Waals surface area contributed by atoms with E-state index in [9.17, 15) is 23.5 Å². The van der Waals surface area contributed by atoms with Gasteiger partial charge in [0.2, 0.25) is 5.95 Å². The number of halogens is 2. The Hall–Kier alpha value is -3.67. The van der Waals surface area contributed by atoms with Crippen LogP contribution in [0.1, 0.15) is 11.1 Å². The first-order chi connectivity index (χ1) is 15.8. The van der Waals surface area contributed by atoms with Gasteiger partial charge in [-0.2, -0.15) is 4.98 Å². The lowest BCUT2D eigenvalue weighted by Crippen LogP contribution is -2.28. The normalized spacial score (nSPS) is 11.8. The van der Waals surface area contributed by atoms with Crippen molar-refractivity contribution in [3.05, 3.63) is 75.7 Å². The largest absolute Gasteiger partial charge is 0.394 e. The first-order valence-electron chi connectivity index (χ1n) is 9.99. The fourth-order valence-electron chi connectivity index (χ4n) is 2.93. The molecule has 6 N–H and O–H groups in total. The van der Waals surface area contributed by atoms with Gasteiger partial charge >= 0.3 is 6.03 Å². The van der Waals surface area contributed by atoms with Crippen molar-refractivity contribution in [2.24, 2.45) is 0 Å². The van der Waals surface area contributed by atoms with Crippen LogP contribution in [0.15, 0.2) is 47.4 Å². The molecule has 0 radical (unpaired) electrons. The molecule has 1 heterocycles. The van der Waals surface area contributed by atoms with Gasteiger partial charge in [0, 0.05) is 25.4 Å². The molecule has 2 aromatic carbocycles. The molecule has 3 aromatic rings. The summed E-state index contributed by atoms with van der Waals surface area (Å²) in [6.45, 7) is 1.83. The van der Waals surface area contributed by atoms with Crippen molar-refractivity contribution in [2.45, 2.75) is 19.6 Å². The van der Waals surface area contributed by atoms with Gasteiger partial charge in [-0.3, -0.25) is 10.1 Å². The molecule has 0 fully saturated rings. The van der Waals surface area contributed by atoms with Crippen LogP contribution in [0, 0.1) is 18.6 Å². The van der Waals surface area contributed by atoms with E-state index in [2.05, 4.69) is 25.9 Å². The van der Waals surface area contributed by atoms with E-state index in [0.717, 1.165) is 11.6 Å². The third kappa shape index (κ3) is 6.42. The van der Waals surface area contributed by atoms with Crippen LogP contribution in [0.3, 0.4) is 0 Å². The number of urea groups is 1. The molecule has 0 saturated carbocycles. The monoisotopic (exact) mass is 459 g/mol. The molecule has 1 atom stereocenters. The van der Waals surface area contributed by atoms with E-state index < -0.39 is 29.3 Å². The molecule has 33 heavy (non-hydrogen) atoms. The number of nitrogens with one attached hydrogen (secondary N) is 4. The van der Waals surface area contributed by atoms with Gasteiger partial charge in [-0.25, -0.2) is 13.6 Å². The summed E-state index contributed by atoms with van der Waals surface area (Å²) in [5.74, 6) is -1.82. The molecule has 174 valence electrons. The van der Waals surface area contributed by atoms with Crippen LogP contribution in [0.25, 0.3) is 11.1 Å². The average molecular weight is 459 g/mol. The molecule has 1 aromatic heterocycles. The van der Waals surface area contributed by atoms with Gasteiger partial charge < -0.3 is 25.8 Å². The smallest absolute Gasteiger partial charge is 0.326 e. The Morgan fingerprint density at radius 2 is 1.88 bits per heavy atom. The molecule has 0 aliphatic rings. The van der Waals surface area contributed by atoms with E-state index in [1.807, 2.05) is 0 Å². The molecule has 0 aliphatic carbocycles. The number of anilines is 2. The Kier molecular flexibility index (Phi) is 7.83. The van der Waals surface area contributed by atoms with Crippen molar-refractivity contribution in [3.8, 4) is 11.1 Å². The second kappa shape index (κ2) is 10.8. The quantitative estimate of drug-likeness (QED) is 0.305. The van der Waals surface area contributed by atoms with E-state index in [4.69, 9.17) is 5.11 Å². The lowest BCUT2D eigenvalue weighted by atomic mass is 10.1. The third-order valence-electron chi connectivity index (χ3n) is 4.71. The highest BCUT2D eigenvalue weighted by Crippen LogP contribution is 2.19. The van der Waals surface area contributed by atoms with Crippen molar-refractivity contribution in [1.82, 2.24) is 15.3 Å². The van der Waals surface area contributed by atoms with Crippen LogP contribution < -0.4 is 21.5 Å². The Morgan fingerprint density at radius 1 is 1.15 bits per heavy atom. The van der Waals surface area contributed by atoms with Crippen molar-refractivity contribution in [3.63, 3.8) is 0 Å². The van der Waals surface area contributed by atoms with Gasteiger partial charge in [0.1, 0.15) is 11.6 Å². The molecule has 2 amide bonds. The van der Waals surface area contributed by atoms with Gasteiger partial charge in [-0.05, 0) is 29.7 Å². The Balaban J connectivity index is 1.63. The summed E-state index contributed by atoms with van der Waals surface area (Å²) in [7, 11) is 0. The van der Waals surface area contributed by atoms with Gasteiger partial charge in [-0.1, -0.05) is 24.3 Å². The van der Waals surface area contributed by atoms with Crippen LogP contribution in [0.2, 0.25) is 0 Å². The summed E-state index contributed by atoms with van der Waals surface area (Å²) in [6, 6.07) is 8.00. The summed E-state index contributed by atoms with van der Waals surface area (Å²) >= 11 is 0. The molecular formula is C22H23F2N5O4. The van der Waals surface area contributed by atoms with E-state index in [0.29, 0.717) is 18.2 Å². The number of benzene rings is 2. The molecule has 1 unspecified atom stereocenters. The van der Waals surface area contributed by atoms with Crippen LogP contribution in [-0.2, 0) is 6.54 Å². The number of amides is 2. The number of aliphatic hydroxyl groups excluding tert-OH is 2. The zero-order chi connectivity index (χ0) is 24.0. The van der Waals surface area contributed by atoms with Gasteiger partial charge in [0.15, 0.2) is 0 Å². The molecule has 0 bridgehead atoms. The van der Waals surface area contributed by atoms with Crippen LogP contribution in [-0.4, -0.2) is 45.5 Å². The van der Waals surface area contributed by atoms with E-state index >= 15 is 0 Å². The Bertz CT molecular complexity index is 1180. The Morgan fingerprint density at radius 3 is 2.55 bits per heavy atom. The number of rotatable bonds is 8. The predicted octanol–water partition coefficient (Wildman–Crippen LogP) is 2.11. The molecule has 11 heteroatoms. The number of carbonyl (C=O) groups is 1. The highest BCUT2D eigenvalue weighted by molar-refractivity contribution is 5.98. The number of carbonyl (C=O) groups excluding carboxylic acids is 1. The highest BCUT2D eigenvalue weighted by atomic mass is 19.1. The minimum absolute atomic E-state index is 0.149. The minimum atomic E-state index is -0.937. The number of H-pyrrole nitrogens is 1. The number of aliphatic hydroxyl groups is 2. The lowest BCUT2D eigenvalue weighted by molar-refractivity contribution is 0.0942. The molecule has 3 rings (SSSR count). The van der Waals surface area contributed by atoms with Gasteiger partial charge in [0.05, 0.1) is 24.0 Å². The fraction of sp³-hybridized carbons (Fsp3) is 0.227. The maximum Gasteiger partial charge on any atom is 0.326 e. The lowest BCUT2D eigenvalue weighted by Gasteiger charge is -2.10. The Labute approximate surface area is 187 Å². The molecule has 0 spiro atoms. The number of aromatic amines is 1. The first kappa shape index (κ1) is 24.0. The molecule has 0 saturated heterocycles. The average Bonchev–Trinajstić information content (AvgIpc) is 2.78. The fourth-order valence-corrected chi connectivity index (χ4v) is 2.93. The second-order valence-corrected chi connectivity index (χ2v) is 7.29. The summed E-state index contributed by atoms with van der Waals surface area (Å²) in [5.41, 5.74) is 1.13. The van der Waals surface area contributed by atoms with Crippen LogP contribution in [0.5, 0.6) is 0 Å². The number of hydrogen-bond donors (Lipinski definition) is 6. The zero-order valence-corrected chi connectivity index (χ0v) is 17.7. The van der Waals surface area contributed by atoms with Gasteiger partial charge in [-0.15, -0.1) is 0 Å². The molecule has 9 nitrogen and oxygen atoms in total. The van der Waals surface area contributed by atoms with E-state index in [-0.39, 0.29) is 35.9 Å². The number of hydrogen-bond acceptors (Lipinski definition) is 6. The maximum absolute atomic E-state index is 13.8. The first-order valence-corrected chi connectivity index (χ1v) is 9.99. The van der Waals surface area contributed by atoms with E-state index in [1.54, 1.807) is 24.3 Å². The zero-order valence-electron chi connectivity index (χ0n) is 17.7. The second-order valence-electron chi connectivity index (χ2n) is 7.29. The molecular weight excluding hydrogens is 436 g/mol. The van der Waals surface area contributed by atoms with Crippen LogP contribution in [0.4, 0.5) is 25.2 Å². The number of aryl methyl sites for hydroxylation is 1. The standard InChI is InChI=1S/C22H23F2N5O4/c1-12-6-19(18(24)7-17(12)23)27-22(33)29-21-26-10-16(20(32)28-21)14-4-2-13(3-5-14)8-25-9-15(31)11-30/h2-7,10,15,25,30-31H,8-9,11H2,1H3,(H3,26,27,28,29,32,33). The van der Waals surface area contributed by atoms with E-state index in [1.165, 1.54) is 13.1 Å². The van der Waals surface area contributed by atoms with Crippen LogP contribution >= 0.6 is 0 Å². The topological polar surface area (TPSA) is 139 Å². The van der Waals surface area contributed by atoms with Crippen molar-refractivity contribution in [2.75, 3.05) is 23.8 Å². The van der Waals surface area contributed by atoms with Crippen molar-refractivity contribution >= 4 is 17.7 Å². The predicted molar refractivity (Wildman–Crippen MR) is 119 cm³/mol. The van der Waals surface area contributed by atoms with Crippen molar-refractivity contribution < 1.29 is 23.8 Å². The number of aromatic nitrogens is 2. The van der Waals surface area contributed by atoms with Gasteiger partial charge in [0.25, 0.3) is 5.56 Å². The number of nitrogens with zero attached hydrogens (tertiary/aromatic N) is 1. The summed E-state index contributed by atoms with van der Waals surface area (Å²) in [6.07, 6.45) is 0.556. The SMILES string of the molecule is Cc1cc(NC(=O)Nc2nc(=O)c(-c3ccc(CNCC(O)CO)cc3)c[nH]2)c(F)cc1F. The summed E-state index contributed by atoms with van der Waals surface area (Å²) in [5, 5.41) is 25.7.